The Morgan fingerprint density at radius 1 is 1.12 bits per heavy atom. The van der Waals surface area contributed by atoms with Gasteiger partial charge in [-0.3, -0.25) is 13.6 Å². The van der Waals surface area contributed by atoms with Crippen LogP contribution in [-0.4, -0.2) is 29.0 Å². The van der Waals surface area contributed by atoms with Crippen molar-refractivity contribution in [3.05, 3.63) is 63.6 Å². The largest absolute Gasteiger partial charge is 0.269 e. The minimum absolute atomic E-state index is 0.0797. The van der Waals surface area contributed by atoms with Crippen LogP contribution in [0.4, 0.5) is 0 Å². The number of nitrogens with zero attached hydrogens (tertiary/aromatic N) is 6. The minimum atomic E-state index is -0.0797. The van der Waals surface area contributed by atoms with Crippen LogP contribution in [0.3, 0.4) is 0 Å². The predicted molar refractivity (Wildman–Crippen MR) is 96.0 cm³/mol. The topological polar surface area (TPSA) is 77.5 Å². The first-order valence-electron chi connectivity index (χ1n) is 7.83. The van der Waals surface area contributed by atoms with Gasteiger partial charge in [0.25, 0.3) is 5.56 Å². The van der Waals surface area contributed by atoms with Crippen molar-refractivity contribution in [2.45, 2.75) is 31.7 Å². The molecule has 0 aromatic carbocycles. The third-order valence-electron chi connectivity index (χ3n) is 3.95. The van der Waals surface area contributed by atoms with Crippen LogP contribution in [0, 0.1) is 20.8 Å². The molecule has 7 nitrogen and oxygen atoms in total. The van der Waals surface area contributed by atoms with Crippen molar-refractivity contribution >= 4 is 23.1 Å². The summed E-state index contributed by atoms with van der Waals surface area (Å²) in [6, 6.07) is 7.26. The highest BCUT2D eigenvalue weighted by Gasteiger charge is 2.11. The monoisotopic (exact) mass is 352 g/mol. The van der Waals surface area contributed by atoms with Gasteiger partial charge >= 0.3 is 0 Å². The quantitative estimate of drug-likeness (QED) is 0.527. The molecule has 8 heteroatoms. The Morgan fingerprint density at radius 2 is 1.96 bits per heavy atom. The smallest absolute Gasteiger partial charge is 0.258 e. The van der Waals surface area contributed by atoms with Gasteiger partial charge in [0.15, 0.2) is 10.8 Å². The lowest BCUT2D eigenvalue weighted by Gasteiger charge is -2.06. The van der Waals surface area contributed by atoms with Gasteiger partial charge in [-0.1, -0.05) is 17.8 Å². The summed E-state index contributed by atoms with van der Waals surface area (Å²) in [4.78, 5) is 21.4. The summed E-state index contributed by atoms with van der Waals surface area (Å²) < 4.78 is 3.48. The van der Waals surface area contributed by atoms with Gasteiger partial charge in [0.05, 0.1) is 5.69 Å². The Morgan fingerprint density at radius 3 is 2.80 bits per heavy atom. The van der Waals surface area contributed by atoms with Crippen molar-refractivity contribution in [3.63, 3.8) is 0 Å². The van der Waals surface area contributed by atoms with E-state index in [-0.39, 0.29) is 5.56 Å². The van der Waals surface area contributed by atoms with Crippen LogP contribution >= 0.6 is 11.8 Å². The maximum Gasteiger partial charge on any atom is 0.258 e. The third kappa shape index (κ3) is 2.78. The summed E-state index contributed by atoms with van der Waals surface area (Å²) in [5, 5.41) is 9.18. The molecule has 4 aromatic rings. The van der Waals surface area contributed by atoms with Crippen molar-refractivity contribution in [2.24, 2.45) is 0 Å². The highest BCUT2D eigenvalue weighted by molar-refractivity contribution is 7.98. The molecule has 4 rings (SSSR count). The minimum Gasteiger partial charge on any atom is -0.269 e. The van der Waals surface area contributed by atoms with Crippen LogP contribution in [0.25, 0.3) is 11.3 Å². The van der Waals surface area contributed by atoms with Crippen molar-refractivity contribution in [2.75, 3.05) is 0 Å². The summed E-state index contributed by atoms with van der Waals surface area (Å²) in [6.07, 6.45) is 1.73. The number of aromatic nitrogens is 6. The van der Waals surface area contributed by atoms with E-state index >= 15 is 0 Å². The first-order valence-corrected chi connectivity index (χ1v) is 8.81. The highest BCUT2D eigenvalue weighted by Crippen LogP contribution is 2.22. The molecule has 0 spiro atoms. The second-order valence-electron chi connectivity index (χ2n) is 5.88. The molecule has 0 aliphatic carbocycles. The number of aryl methyl sites for hydroxylation is 3. The van der Waals surface area contributed by atoms with Crippen LogP contribution < -0.4 is 5.56 Å². The van der Waals surface area contributed by atoms with E-state index in [1.807, 2.05) is 43.4 Å². The Kier molecular flexibility index (Phi) is 3.76. The summed E-state index contributed by atoms with van der Waals surface area (Å²) >= 11 is 1.49. The number of hydrogen-bond donors (Lipinski definition) is 0. The Hall–Kier alpha value is -2.74. The normalized spacial score (nSPS) is 11.5. The molecule has 0 atom stereocenters. The van der Waals surface area contributed by atoms with Crippen molar-refractivity contribution < 1.29 is 0 Å². The van der Waals surface area contributed by atoms with Gasteiger partial charge in [-0.05, 0) is 32.4 Å². The van der Waals surface area contributed by atoms with E-state index in [2.05, 4.69) is 20.2 Å². The first-order chi connectivity index (χ1) is 12.0. The maximum absolute atomic E-state index is 12.3. The zero-order valence-electron chi connectivity index (χ0n) is 14.1. The zero-order chi connectivity index (χ0) is 17.6. The summed E-state index contributed by atoms with van der Waals surface area (Å²) in [5.41, 5.74) is 3.98. The van der Waals surface area contributed by atoms with E-state index in [0.717, 1.165) is 33.6 Å². The SMILES string of the molecule is Cc1cc2nnc(SCc3cc(=O)n4cccc(C)c4n3)n2c(C)n1. The number of hydrogen-bond acceptors (Lipinski definition) is 6. The fraction of sp³-hybridized carbons (Fsp3) is 0.235. The summed E-state index contributed by atoms with van der Waals surface area (Å²) in [7, 11) is 0. The van der Waals surface area contributed by atoms with Crippen molar-refractivity contribution in [1.29, 1.82) is 0 Å². The van der Waals surface area contributed by atoms with Gasteiger partial charge in [0.2, 0.25) is 0 Å². The lowest BCUT2D eigenvalue weighted by Crippen LogP contribution is -2.15. The van der Waals surface area contributed by atoms with Crippen LogP contribution in [-0.2, 0) is 5.75 Å². The number of pyridine rings is 1. The molecule has 4 aromatic heterocycles. The number of rotatable bonds is 3. The van der Waals surface area contributed by atoms with Crippen LogP contribution in [0.15, 0.2) is 40.4 Å². The van der Waals surface area contributed by atoms with Crippen LogP contribution in [0.2, 0.25) is 0 Å². The molecule has 0 saturated heterocycles. The van der Waals surface area contributed by atoms with E-state index < -0.39 is 0 Å². The van der Waals surface area contributed by atoms with Crippen LogP contribution in [0.1, 0.15) is 22.8 Å². The molecule has 25 heavy (non-hydrogen) atoms. The second-order valence-corrected chi connectivity index (χ2v) is 6.82. The molecule has 0 fully saturated rings. The number of fused-ring (bicyclic) bond motifs is 2. The van der Waals surface area contributed by atoms with Gasteiger partial charge in [0, 0.05) is 29.8 Å². The molecular weight excluding hydrogens is 336 g/mol. The Labute approximate surface area is 147 Å². The van der Waals surface area contributed by atoms with Gasteiger partial charge in [0.1, 0.15) is 11.5 Å². The molecule has 0 N–H and O–H groups in total. The van der Waals surface area contributed by atoms with E-state index in [1.54, 1.807) is 16.7 Å². The second kappa shape index (κ2) is 5.96. The molecule has 0 radical (unpaired) electrons. The molecule has 4 heterocycles. The molecule has 0 amide bonds. The van der Waals surface area contributed by atoms with Gasteiger partial charge < -0.3 is 0 Å². The lowest BCUT2D eigenvalue weighted by molar-refractivity contribution is 0.853. The maximum atomic E-state index is 12.3. The van der Waals surface area contributed by atoms with E-state index in [4.69, 9.17) is 0 Å². The molecule has 0 aliphatic rings. The van der Waals surface area contributed by atoms with Crippen molar-refractivity contribution in [3.8, 4) is 0 Å². The van der Waals surface area contributed by atoms with E-state index in [9.17, 15) is 4.79 Å². The van der Waals surface area contributed by atoms with Crippen LogP contribution in [0.5, 0.6) is 0 Å². The molecule has 0 aliphatic heterocycles. The van der Waals surface area contributed by atoms with E-state index in [1.165, 1.54) is 11.8 Å². The summed E-state index contributed by atoms with van der Waals surface area (Å²) in [6.45, 7) is 5.81. The Bertz CT molecular complexity index is 1160. The number of thioether (sulfide) groups is 1. The third-order valence-corrected chi connectivity index (χ3v) is 4.91. The Balaban J connectivity index is 1.69. The molecular formula is C17H16N6OS. The van der Waals surface area contributed by atoms with E-state index in [0.29, 0.717) is 11.4 Å². The van der Waals surface area contributed by atoms with Crippen molar-refractivity contribution in [1.82, 2.24) is 29.0 Å². The summed E-state index contributed by atoms with van der Waals surface area (Å²) in [5.74, 6) is 1.37. The first kappa shape index (κ1) is 15.8. The lowest BCUT2D eigenvalue weighted by atomic mass is 10.3. The van der Waals surface area contributed by atoms with Gasteiger partial charge in [-0.25, -0.2) is 9.97 Å². The molecule has 126 valence electrons. The zero-order valence-corrected chi connectivity index (χ0v) is 14.9. The fourth-order valence-electron chi connectivity index (χ4n) is 2.82. The molecule has 0 unspecified atom stereocenters. The standard InChI is InChI=1S/C17H16N6OS/c1-10-5-4-6-22-15(24)8-13(19-16(10)22)9-25-17-21-20-14-7-11(2)18-12(3)23(14)17/h4-8H,9H2,1-3H3. The van der Waals surface area contributed by atoms with Gasteiger partial charge in [-0.2, -0.15) is 0 Å². The average Bonchev–Trinajstić information content (AvgIpc) is 2.97. The fourth-order valence-corrected chi connectivity index (χ4v) is 3.70. The highest BCUT2D eigenvalue weighted by atomic mass is 32.2. The average molecular weight is 352 g/mol. The molecule has 0 saturated carbocycles. The molecule has 0 bridgehead atoms. The van der Waals surface area contributed by atoms with Gasteiger partial charge in [-0.15, -0.1) is 10.2 Å². The predicted octanol–water partition coefficient (Wildman–Crippen LogP) is 2.35.